The molecule has 126 valence electrons. The molecule has 1 aliphatic heterocycles. The second kappa shape index (κ2) is 6.06. The molecule has 0 unspecified atom stereocenters. The number of piperazine rings is 1. The van der Waals surface area contributed by atoms with Crippen molar-refractivity contribution < 1.29 is 4.79 Å². The maximum Gasteiger partial charge on any atom is 0.255 e. The number of hydrogen-bond acceptors (Lipinski definition) is 3. The number of carbonyl (C=O) groups is 1. The van der Waals surface area contributed by atoms with Crippen LogP contribution in [0.3, 0.4) is 0 Å². The minimum Gasteiger partial charge on any atom is -0.336 e. The van der Waals surface area contributed by atoms with E-state index in [0.717, 1.165) is 54.9 Å². The Labute approximate surface area is 142 Å². The van der Waals surface area contributed by atoms with Crippen LogP contribution in [0.2, 0.25) is 0 Å². The molecule has 1 saturated carbocycles. The van der Waals surface area contributed by atoms with Gasteiger partial charge in [0.2, 0.25) is 0 Å². The molecular weight excluding hydrogens is 300 g/mol. The lowest BCUT2D eigenvalue weighted by atomic mass is 10.2. The summed E-state index contributed by atoms with van der Waals surface area (Å²) in [4.78, 5) is 21.7. The number of pyridine rings is 1. The minimum atomic E-state index is 0.161. The normalized spacial score (nSPS) is 18.8. The summed E-state index contributed by atoms with van der Waals surface area (Å²) < 4.78 is 2.11. The summed E-state index contributed by atoms with van der Waals surface area (Å²) in [5.74, 6) is 0.161. The third kappa shape index (κ3) is 2.73. The summed E-state index contributed by atoms with van der Waals surface area (Å²) in [6, 6.07) is 6.75. The van der Waals surface area contributed by atoms with Gasteiger partial charge in [0.05, 0.1) is 17.4 Å². The van der Waals surface area contributed by atoms with Gasteiger partial charge in [0.1, 0.15) is 0 Å². The number of aryl methyl sites for hydroxylation is 1. The molecule has 0 atom stereocenters. The first-order chi connectivity index (χ1) is 11.6. The third-order valence-electron chi connectivity index (χ3n) is 5.23. The molecule has 0 spiro atoms. The van der Waals surface area contributed by atoms with E-state index in [9.17, 15) is 4.79 Å². The smallest absolute Gasteiger partial charge is 0.255 e. The molecule has 2 aromatic heterocycles. The summed E-state index contributed by atoms with van der Waals surface area (Å²) in [6.07, 6.45) is 6.27. The number of carbonyl (C=O) groups excluding carboxylic acids is 1. The number of rotatable bonds is 3. The quantitative estimate of drug-likeness (QED) is 0.871. The average Bonchev–Trinajstić information content (AvgIpc) is 3.41. The summed E-state index contributed by atoms with van der Waals surface area (Å²) in [6.45, 7) is 7.77. The van der Waals surface area contributed by atoms with Crippen LogP contribution in [0, 0.1) is 13.8 Å². The number of amides is 1. The van der Waals surface area contributed by atoms with Gasteiger partial charge in [-0.15, -0.1) is 0 Å². The molecule has 0 radical (unpaired) electrons. The standard InChI is InChI=1S/C19H24N4O/c1-14-12-18(15(2)23(14)17-4-3-7-20-13-17)19(24)22-10-8-21(9-11-22)16-5-6-16/h3-4,7,12-13,16H,5-6,8-11H2,1-2H3. The maximum atomic E-state index is 13.0. The number of hydrogen-bond donors (Lipinski definition) is 0. The molecule has 1 amide bonds. The van der Waals surface area contributed by atoms with E-state index in [-0.39, 0.29) is 5.91 Å². The Morgan fingerprint density at radius 3 is 2.54 bits per heavy atom. The van der Waals surface area contributed by atoms with Gasteiger partial charge >= 0.3 is 0 Å². The van der Waals surface area contributed by atoms with Crippen molar-refractivity contribution in [3.8, 4) is 5.69 Å². The fraction of sp³-hybridized carbons (Fsp3) is 0.474. The first kappa shape index (κ1) is 15.4. The fourth-order valence-corrected chi connectivity index (χ4v) is 3.76. The fourth-order valence-electron chi connectivity index (χ4n) is 3.76. The molecule has 2 aliphatic rings. The van der Waals surface area contributed by atoms with Crippen molar-refractivity contribution in [1.29, 1.82) is 0 Å². The van der Waals surface area contributed by atoms with E-state index < -0.39 is 0 Å². The second-order valence-corrected chi connectivity index (χ2v) is 6.89. The Kier molecular flexibility index (Phi) is 3.88. The number of aromatic nitrogens is 2. The van der Waals surface area contributed by atoms with E-state index in [1.54, 1.807) is 6.20 Å². The molecule has 0 bridgehead atoms. The minimum absolute atomic E-state index is 0.161. The van der Waals surface area contributed by atoms with Crippen LogP contribution < -0.4 is 0 Å². The van der Waals surface area contributed by atoms with Crippen molar-refractivity contribution in [1.82, 2.24) is 19.4 Å². The third-order valence-corrected chi connectivity index (χ3v) is 5.23. The first-order valence-corrected chi connectivity index (χ1v) is 8.78. The maximum absolute atomic E-state index is 13.0. The Bertz CT molecular complexity index is 740. The lowest BCUT2D eigenvalue weighted by molar-refractivity contribution is 0.0626. The zero-order valence-electron chi connectivity index (χ0n) is 14.4. The van der Waals surface area contributed by atoms with E-state index in [4.69, 9.17) is 0 Å². The van der Waals surface area contributed by atoms with E-state index in [2.05, 4.69) is 14.5 Å². The van der Waals surface area contributed by atoms with Gasteiger partial charge in [-0.1, -0.05) is 0 Å². The van der Waals surface area contributed by atoms with E-state index in [1.165, 1.54) is 12.8 Å². The zero-order chi connectivity index (χ0) is 16.7. The van der Waals surface area contributed by atoms with Crippen LogP contribution in [0.25, 0.3) is 5.69 Å². The van der Waals surface area contributed by atoms with Gasteiger partial charge in [-0.2, -0.15) is 0 Å². The average molecular weight is 324 g/mol. The van der Waals surface area contributed by atoms with Crippen molar-refractivity contribution in [2.45, 2.75) is 32.7 Å². The Hall–Kier alpha value is -2.14. The van der Waals surface area contributed by atoms with Gasteiger partial charge < -0.3 is 9.47 Å². The van der Waals surface area contributed by atoms with Crippen LogP contribution in [0.4, 0.5) is 0 Å². The van der Waals surface area contributed by atoms with Crippen molar-refractivity contribution in [3.05, 3.63) is 47.5 Å². The van der Waals surface area contributed by atoms with Gasteiger partial charge in [-0.3, -0.25) is 14.7 Å². The van der Waals surface area contributed by atoms with Crippen molar-refractivity contribution in [3.63, 3.8) is 0 Å². The van der Waals surface area contributed by atoms with Crippen LogP contribution >= 0.6 is 0 Å². The molecular formula is C19H24N4O. The highest BCUT2D eigenvalue weighted by Gasteiger charge is 2.33. The summed E-state index contributed by atoms with van der Waals surface area (Å²) in [5.41, 5.74) is 3.89. The van der Waals surface area contributed by atoms with Gasteiger partial charge in [-0.05, 0) is 44.9 Å². The predicted molar refractivity (Wildman–Crippen MR) is 93.5 cm³/mol. The summed E-state index contributed by atoms with van der Waals surface area (Å²) in [7, 11) is 0. The second-order valence-electron chi connectivity index (χ2n) is 6.89. The van der Waals surface area contributed by atoms with Crippen LogP contribution in [0.15, 0.2) is 30.6 Å². The van der Waals surface area contributed by atoms with Gasteiger partial charge in [-0.25, -0.2) is 0 Å². The molecule has 2 aromatic rings. The van der Waals surface area contributed by atoms with Crippen molar-refractivity contribution in [2.24, 2.45) is 0 Å². The lowest BCUT2D eigenvalue weighted by Gasteiger charge is -2.34. The topological polar surface area (TPSA) is 41.4 Å². The predicted octanol–water partition coefficient (Wildman–Crippen LogP) is 2.41. The highest BCUT2D eigenvalue weighted by Crippen LogP contribution is 2.28. The molecule has 3 heterocycles. The van der Waals surface area contributed by atoms with Gasteiger partial charge in [0.15, 0.2) is 0 Å². The molecule has 5 nitrogen and oxygen atoms in total. The Balaban J connectivity index is 1.55. The van der Waals surface area contributed by atoms with Crippen LogP contribution in [0.5, 0.6) is 0 Å². The summed E-state index contributed by atoms with van der Waals surface area (Å²) in [5, 5.41) is 0. The van der Waals surface area contributed by atoms with Gasteiger partial charge in [0, 0.05) is 49.8 Å². The van der Waals surface area contributed by atoms with Gasteiger partial charge in [0.25, 0.3) is 5.91 Å². The van der Waals surface area contributed by atoms with Crippen LogP contribution in [-0.4, -0.2) is 57.5 Å². The van der Waals surface area contributed by atoms with Crippen molar-refractivity contribution in [2.75, 3.05) is 26.2 Å². The molecule has 24 heavy (non-hydrogen) atoms. The molecule has 4 rings (SSSR count). The molecule has 0 N–H and O–H groups in total. The van der Waals surface area contributed by atoms with E-state index in [0.29, 0.717) is 0 Å². The van der Waals surface area contributed by atoms with E-state index >= 15 is 0 Å². The highest BCUT2D eigenvalue weighted by molar-refractivity contribution is 5.96. The van der Waals surface area contributed by atoms with Crippen LogP contribution in [0.1, 0.15) is 34.6 Å². The molecule has 2 fully saturated rings. The highest BCUT2D eigenvalue weighted by atomic mass is 16.2. The molecule has 5 heteroatoms. The first-order valence-electron chi connectivity index (χ1n) is 8.78. The Morgan fingerprint density at radius 1 is 1.17 bits per heavy atom. The summed E-state index contributed by atoms with van der Waals surface area (Å²) >= 11 is 0. The number of nitrogens with zero attached hydrogens (tertiary/aromatic N) is 4. The monoisotopic (exact) mass is 324 g/mol. The van der Waals surface area contributed by atoms with Crippen LogP contribution in [-0.2, 0) is 0 Å². The molecule has 1 aliphatic carbocycles. The zero-order valence-corrected chi connectivity index (χ0v) is 14.4. The SMILES string of the molecule is Cc1cc(C(=O)N2CCN(C3CC3)CC2)c(C)n1-c1cccnc1. The van der Waals surface area contributed by atoms with Crippen molar-refractivity contribution >= 4 is 5.91 Å². The molecule has 0 aromatic carbocycles. The molecule has 1 saturated heterocycles. The van der Waals surface area contributed by atoms with E-state index in [1.807, 2.05) is 43.1 Å². The Morgan fingerprint density at radius 2 is 1.92 bits per heavy atom. The largest absolute Gasteiger partial charge is 0.336 e. The lowest BCUT2D eigenvalue weighted by Crippen LogP contribution is -2.49.